The number of anilines is 1. The quantitative estimate of drug-likeness (QED) is 0.564. The van der Waals surface area contributed by atoms with Crippen molar-refractivity contribution in [3.63, 3.8) is 0 Å². The van der Waals surface area contributed by atoms with Gasteiger partial charge in [0.05, 0.1) is 19.3 Å². The summed E-state index contributed by atoms with van der Waals surface area (Å²) in [5.41, 5.74) is 2.43. The molecule has 0 unspecified atom stereocenters. The third kappa shape index (κ3) is 4.57. The van der Waals surface area contributed by atoms with Gasteiger partial charge in [-0.05, 0) is 55.0 Å². The summed E-state index contributed by atoms with van der Waals surface area (Å²) in [5.74, 6) is 0.150. The van der Waals surface area contributed by atoms with Gasteiger partial charge in [0.25, 0.3) is 0 Å². The van der Waals surface area contributed by atoms with Gasteiger partial charge in [-0.2, -0.15) is 0 Å². The molecule has 1 aliphatic carbocycles. The first-order valence-corrected chi connectivity index (χ1v) is 9.88. The highest BCUT2D eigenvalue weighted by atomic mass is 32.1. The van der Waals surface area contributed by atoms with Gasteiger partial charge in [-0.15, -0.1) is 11.3 Å². The smallest absolute Gasteiger partial charge is 0.341 e. The number of benzene rings is 1. The molecule has 1 aliphatic rings. The lowest BCUT2D eigenvalue weighted by Crippen LogP contribution is -2.12. The van der Waals surface area contributed by atoms with Crippen molar-refractivity contribution >= 4 is 34.3 Å². The number of rotatable bonds is 7. The van der Waals surface area contributed by atoms with Crippen LogP contribution in [0.15, 0.2) is 30.3 Å². The molecule has 0 aliphatic heterocycles. The van der Waals surface area contributed by atoms with E-state index in [-0.39, 0.29) is 5.91 Å². The van der Waals surface area contributed by atoms with E-state index in [0.717, 1.165) is 47.4 Å². The molecule has 1 heterocycles. The number of aryl methyl sites for hydroxylation is 1. The Morgan fingerprint density at radius 2 is 2.00 bits per heavy atom. The third-order valence-corrected chi connectivity index (χ3v) is 5.53. The van der Waals surface area contributed by atoms with E-state index in [2.05, 4.69) is 12.2 Å². The number of nitrogens with one attached hydrogen (secondary N) is 1. The maximum absolute atomic E-state index is 12.3. The molecule has 0 fully saturated rings. The largest absolute Gasteiger partial charge is 0.494 e. The lowest BCUT2D eigenvalue weighted by atomic mass is 10.1. The molecule has 1 N–H and O–H groups in total. The zero-order chi connectivity index (χ0) is 19.2. The molecule has 5 nitrogen and oxygen atoms in total. The van der Waals surface area contributed by atoms with Crippen molar-refractivity contribution in [2.45, 2.75) is 32.6 Å². The number of amides is 1. The molecule has 3 rings (SSSR count). The van der Waals surface area contributed by atoms with Crippen molar-refractivity contribution in [2.24, 2.45) is 0 Å². The fourth-order valence-corrected chi connectivity index (χ4v) is 4.31. The molecule has 0 bridgehead atoms. The van der Waals surface area contributed by atoms with E-state index in [0.29, 0.717) is 17.2 Å². The molecule has 0 saturated carbocycles. The molecule has 1 amide bonds. The van der Waals surface area contributed by atoms with Crippen molar-refractivity contribution in [2.75, 3.05) is 19.0 Å². The standard InChI is InChI=1S/C21H23NO4S/c1-3-13-26-15-10-7-14(8-11-15)9-12-18(23)22-20-19(21(24)25-2)16-5-4-6-17(16)27-20/h7-12H,3-6,13H2,1-2H3,(H,22,23)/b12-9+. The van der Waals surface area contributed by atoms with Gasteiger partial charge in [0.15, 0.2) is 0 Å². The molecule has 0 radical (unpaired) electrons. The predicted molar refractivity (Wildman–Crippen MR) is 108 cm³/mol. The topological polar surface area (TPSA) is 64.6 Å². The summed E-state index contributed by atoms with van der Waals surface area (Å²) < 4.78 is 10.4. The SMILES string of the molecule is CCCOc1ccc(/C=C/C(=O)Nc2sc3c(c2C(=O)OC)CCC3)cc1. The van der Waals surface area contributed by atoms with Gasteiger partial charge in [-0.1, -0.05) is 19.1 Å². The fraction of sp³-hybridized carbons (Fsp3) is 0.333. The third-order valence-electron chi connectivity index (χ3n) is 4.33. The fourth-order valence-electron chi connectivity index (χ4n) is 3.03. The van der Waals surface area contributed by atoms with Crippen LogP contribution in [0.3, 0.4) is 0 Å². The van der Waals surface area contributed by atoms with Gasteiger partial charge in [-0.3, -0.25) is 4.79 Å². The molecule has 27 heavy (non-hydrogen) atoms. The number of ether oxygens (including phenoxy) is 2. The van der Waals surface area contributed by atoms with Crippen LogP contribution in [-0.2, 0) is 22.4 Å². The van der Waals surface area contributed by atoms with Gasteiger partial charge < -0.3 is 14.8 Å². The second kappa shape index (κ2) is 8.86. The summed E-state index contributed by atoms with van der Waals surface area (Å²) in [6, 6.07) is 7.56. The first-order chi connectivity index (χ1) is 13.1. The minimum atomic E-state index is -0.392. The molecule has 1 aromatic heterocycles. The molecule has 0 spiro atoms. The highest BCUT2D eigenvalue weighted by Crippen LogP contribution is 2.39. The van der Waals surface area contributed by atoms with Crippen molar-refractivity contribution in [3.8, 4) is 5.75 Å². The Kier molecular flexibility index (Phi) is 6.29. The van der Waals surface area contributed by atoms with Crippen LogP contribution in [0.5, 0.6) is 5.75 Å². The number of esters is 1. The minimum absolute atomic E-state index is 0.272. The zero-order valence-corrected chi connectivity index (χ0v) is 16.4. The summed E-state index contributed by atoms with van der Waals surface area (Å²) in [6.07, 6.45) is 7.00. The second-order valence-corrected chi connectivity index (χ2v) is 7.40. The number of carbonyl (C=O) groups is 2. The van der Waals surface area contributed by atoms with Crippen molar-refractivity contribution in [3.05, 3.63) is 51.9 Å². The zero-order valence-electron chi connectivity index (χ0n) is 15.5. The summed E-state index contributed by atoms with van der Waals surface area (Å²) in [5, 5.41) is 3.41. The average Bonchev–Trinajstić information content (AvgIpc) is 3.25. The normalized spacial score (nSPS) is 12.8. The van der Waals surface area contributed by atoms with E-state index >= 15 is 0 Å². The number of carbonyl (C=O) groups excluding carboxylic acids is 2. The molecule has 142 valence electrons. The highest BCUT2D eigenvalue weighted by molar-refractivity contribution is 7.17. The van der Waals surface area contributed by atoms with Crippen LogP contribution in [0.25, 0.3) is 6.08 Å². The van der Waals surface area contributed by atoms with Gasteiger partial charge in [0, 0.05) is 11.0 Å². The number of fused-ring (bicyclic) bond motifs is 1. The van der Waals surface area contributed by atoms with Crippen LogP contribution in [0, 0.1) is 0 Å². The Labute approximate surface area is 163 Å². The van der Waals surface area contributed by atoms with E-state index in [4.69, 9.17) is 9.47 Å². The molecule has 2 aromatic rings. The van der Waals surface area contributed by atoms with Crippen LogP contribution < -0.4 is 10.1 Å². The number of hydrogen-bond donors (Lipinski definition) is 1. The van der Waals surface area contributed by atoms with E-state index in [1.54, 1.807) is 6.08 Å². The highest BCUT2D eigenvalue weighted by Gasteiger charge is 2.27. The van der Waals surface area contributed by atoms with Crippen LogP contribution in [0.4, 0.5) is 5.00 Å². The number of thiophene rings is 1. The number of methoxy groups -OCH3 is 1. The Bertz CT molecular complexity index is 852. The Balaban J connectivity index is 1.67. The van der Waals surface area contributed by atoms with Crippen molar-refractivity contribution in [1.82, 2.24) is 0 Å². The molecular weight excluding hydrogens is 362 g/mol. The van der Waals surface area contributed by atoms with Gasteiger partial charge in [-0.25, -0.2) is 4.79 Å². The molecule has 6 heteroatoms. The lowest BCUT2D eigenvalue weighted by Gasteiger charge is -2.05. The monoisotopic (exact) mass is 385 g/mol. The Hall–Kier alpha value is -2.60. The molecule has 0 saturated heterocycles. The maximum Gasteiger partial charge on any atom is 0.341 e. The first-order valence-electron chi connectivity index (χ1n) is 9.07. The van der Waals surface area contributed by atoms with Crippen molar-refractivity contribution in [1.29, 1.82) is 0 Å². The second-order valence-electron chi connectivity index (χ2n) is 6.29. The van der Waals surface area contributed by atoms with E-state index < -0.39 is 5.97 Å². The van der Waals surface area contributed by atoms with Gasteiger partial charge >= 0.3 is 5.97 Å². The molecular formula is C21H23NO4S. The molecule has 0 atom stereocenters. The van der Waals surface area contributed by atoms with Crippen LogP contribution in [-0.4, -0.2) is 25.6 Å². The summed E-state index contributed by atoms with van der Waals surface area (Å²) in [7, 11) is 1.36. The van der Waals surface area contributed by atoms with Gasteiger partial charge in [0.1, 0.15) is 10.8 Å². The summed E-state index contributed by atoms with van der Waals surface area (Å²) in [4.78, 5) is 25.6. The van der Waals surface area contributed by atoms with Crippen LogP contribution in [0.1, 0.15) is 46.1 Å². The van der Waals surface area contributed by atoms with Gasteiger partial charge in [0.2, 0.25) is 5.91 Å². The lowest BCUT2D eigenvalue weighted by molar-refractivity contribution is -0.111. The Morgan fingerprint density at radius 3 is 2.70 bits per heavy atom. The minimum Gasteiger partial charge on any atom is -0.494 e. The number of hydrogen-bond acceptors (Lipinski definition) is 5. The first kappa shape index (κ1) is 19.2. The van der Waals surface area contributed by atoms with E-state index in [1.165, 1.54) is 24.5 Å². The Morgan fingerprint density at radius 1 is 1.22 bits per heavy atom. The maximum atomic E-state index is 12.3. The van der Waals surface area contributed by atoms with Crippen molar-refractivity contribution < 1.29 is 19.1 Å². The van der Waals surface area contributed by atoms with E-state index in [9.17, 15) is 9.59 Å². The van der Waals surface area contributed by atoms with E-state index in [1.807, 2.05) is 24.3 Å². The predicted octanol–water partition coefficient (Wildman–Crippen LogP) is 4.46. The van der Waals surface area contributed by atoms with Crippen LogP contribution in [0.2, 0.25) is 0 Å². The summed E-state index contributed by atoms with van der Waals surface area (Å²) >= 11 is 1.47. The molecule has 1 aromatic carbocycles. The van der Waals surface area contributed by atoms with Crippen LogP contribution >= 0.6 is 11.3 Å². The average molecular weight is 385 g/mol. The summed E-state index contributed by atoms with van der Waals surface area (Å²) in [6.45, 7) is 2.74.